The Morgan fingerprint density at radius 1 is 1.31 bits per heavy atom. The van der Waals surface area contributed by atoms with Crippen molar-refractivity contribution in [3.63, 3.8) is 0 Å². The second-order valence-electron chi connectivity index (χ2n) is 6.17. The molecule has 2 aromatic rings. The highest BCUT2D eigenvalue weighted by molar-refractivity contribution is 5.88. The van der Waals surface area contributed by atoms with Crippen LogP contribution in [-0.4, -0.2) is 63.6 Å². The van der Waals surface area contributed by atoms with Gasteiger partial charge in [0.25, 0.3) is 0 Å². The summed E-state index contributed by atoms with van der Waals surface area (Å²) in [6.45, 7) is 1.30. The summed E-state index contributed by atoms with van der Waals surface area (Å²) in [5.41, 5.74) is 2.06. The number of carboxylic acid groups (broad SMARTS) is 1. The first-order valence-electron chi connectivity index (χ1n) is 8.36. The van der Waals surface area contributed by atoms with Gasteiger partial charge in [0.15, 0.2) is 0 Å². The molecule has 0 bridgehead atoms. The van der Waals surface area contributed by atoms with Crippen molar-refractivity contribution in [2.24, 2.45) is 0 Å². The van der Waals surface area contributed by atoms with Crippen molar-refractivity contribution in [3.8, 4) is 11.3 Å². The number of ether oxygens (including phenoxy) is 1. The molecule has 3 rings (SSSR count). The van der Waals surface area contributed by atoms with Gasteiger partial charge < -0.3 is 14.7 Å². The van der Waals surface area contributed by atoms with E-state index >= 15 is 0 Å². The number of piperidine rings is 1. The average Bonchev–Trinajstić information content (AvgIpc) is 2.68. The summed E-state index contributed by atoms with van der Waals surface area (Å²) in [5, 5.41) is 9.19. The first-order valence-corrected chi connectivity index (χ1v) is 8.36. The Morgan fingerprint density at radius 2 is 2.12 bits per heavy atom. The highest BCUT2D eigenvalue weighted by Crippen LogP contribution is 2.31. The Bertz CT molecular complexity index is 811. The van der Waals surface area contributed by atoms with Crippen molar-refractivity contribution in [2.45, 2.75) is 18.8 Å². The molecule has 26 heavy (non-hydrogen) atoms. The van der Waals surface area contributed by atoms with E-state index in [2.05, 4.69) is 15.0 Å². The van der Waals surface area contributed by atoms with Crippen molar-refractivity contribution in [1.29, 1.82) is 0 Å². The van der Waals surface area contributed by atoms with Gasteiger partial charge in [-0.15, -0.1) is 0 Å². The zero-order chi connectivity index (χ0) is 18.5. The molecule has 0 unspecified atom stereocenters. The Balaban J connectivity index is 1.91. The number of methoxy groups -OCH3 is 1. The molecule has 8 nitrogen and oxygen atoms in total. The van der Waals surface area contributed by atoms with Crippen LogP contribution in [0.1, 0.15) is 34.8 Å². The van der Waals surface area contributed by atoms with E-state index in [1.807, 2.05) is 0 Å². The van der Waals surface area contributed by atoms with Crippen LogP contribution in [0.3, 0.4) is 0 Å². The molecule has 1 atom stereocenters. The van der Waals surface area contributed by atoms with E-state index < -0.39 is 5.97 Å². The van der Waals surface area contributed by atoms with Gasteiger partial charge in [0.1, 0.15) is 6.61 Å². The molecular weight excluding hydrogens is 336 g/mol. The smallest absolute Gasteiger partial charge is 0.337 e. The molecule has 1 amide bonds. The van der Waals surface area contributed by atoms with Crippen molar-refractivity contribution in [2.75, 3.05) is 26.8 Å². The lowest BCUT2D eigenvalue weighted by Gasteiger charge is -2.32. The Hall–Kier alpha value is -2.87. The van der Waals surface area contributed by atoms with Crippen LogP contribution in [-0.2, 0) is 9.53 Å². The second-order valence-corrected chi connectivity index (χ2v) is 6.17. The SMILES string of the molecule is COCC(=O)N1CCC[C@@H](c2nccnc2-c2cncc(C(=O)O)c2)C1. The fourth-order valence-corrected chi connectivity index (χ4v) is 3.20. The fraction of sp³-hybridized carbons (Fsp3) is 0.389. The molecule has 0 spiro atoms. The number of rotatable bonds is 5. The predicted octanol–water partition coefficient (Wildman–Crippen LogP) is 1.59. The van der Waals surface area contributed by atoms with E-state index in [-0.39, 0.29) is 24.0 Å². The normalized spacial score (nSPS) is 17.1. The maximum Gasteiger partial charge on any atom is 0.337 e. The number of pyridine rings is 1. The standard InChI is InChI=1S/C18H20N4O4/c1-26-11-15(23)22-6-2-3-12(10-22)16-17(21-5-4-20-16)13-7-14(18(24)25)9-19-8-13/h4-5,7-9,12H,2-3,6,10-11H2,1H3,(H,24,25)/t12-/m1/s1. The number of amides is 1. The number of likely N-dealkylation sites (tertiary alicyclic amines) is 1. The lowest BCUT2D eigenvalue weighted by Crippen LogP contribution is -2.41. The zero-order valence-corrected chi connectivity index (χ0v) is 14.5. The van der Waals surface area contributed by atoms with Gasteiger partial charge in [0, 0.05) is 56.5 Å². The molecule has 0 radical (unpaired) electrons. The van der Waals surface area contributed by atoms with Gasteiger partial charge >= 0.3 is 5.97 Å². The molecule has 0 aliphatic carbocycles. The summed E-state index contributed by atoms with van der Waals surface area (Å²) < 4.78 is 4.94. The van der Waals surface area contributed by atoms with Crippen LogP contribution in [0.5, 0.6) is 0 Å². The first kappa shape index (κ1) is 17.9. The number of carbonyl (C=O) groups excluding carboxylic acids is 1. The molecule has 1 aliphatic rings. The summed E-state index contributed by atoms with van der Waals surface area (Å²) in [7, 11) is 1.50. The minimum Gasteiger partial charge on any atom is -0.478 e. The molecule has 0 aromatic carbocycles. The number of hydrogen-bond acceptors (Lipinski definition) is 6. The molecule has 1 aliphatic heterocycles. The lowest BCUT2D eigenvalue weighted by molar-refractivity contribution is -0.136. The minimum absolute atomic E-state index is 0.0294. The first-order chi connectivity index (χ1) is 12.6. The van der Waals surface area contributed by atoms with Crippen molar-refractivity contribution in [3.05, 3.63) is 42.1 Å². The highest BCUT2D eigenvalue weighted by Gasteiger charge is 2.28. The van der Waals surface area contributed by atoms with E-state index in [0.717, 1.165) is 18.5 Å². The fourth-order valence-electron chi connectivity index (χ4n) is 3.20. The van der Waals surface area contributed by atoms with Crippen LogP contribution in [0.4, 0.5) is 0 Å². The summed E-state index contributed by atoms with van der Waals surface area (Å²) in [6, 6.07) is 1.54. The van der Waals surface area contributed by atoms with Crippen LogP contribution in [0.2, 0.25) is 0 Å². The van der Waals surface area contributed by atoms with Crippen molar-refractivity contribution < 1.29 is 19.4 Å². The number of carboxylic acids is 1. The van der Waals surface area contributed by atoms with Crippen LogP contribution in [0.25, 0.3) is 11.3 Å². The topological polar surface area (TPSA) is 106 Å². The lowest BCUT2D eigenvalue weighted by atomic mass is 9.91. The quantitative estimate of drug-likeness (QED) is 0.867. The van der Waals surface area contributed by atoms with Crippen LogP contribution < -0.4 is 0 Å². The van der Waals surface area contributed by atoms with Crippen LogP contribution in [0.15, 0.2) is 30.9 Å². The van der Waals surface area contributed by atoms with Crippen molar-refractivity contribution in [1.82, 2.24) is 19.9 Å². The van der Waals surface area contributed by atoms with Crippen LogP contribution >= 0.6 is 0 Å². The third-order valence-electron chi connectivity index (χ3n) is 4.41. The monoisotopic (exact) mass is 356 g/mol. The van der Waals surface area contributed by atoms with E-state index in [4.69, 9.17) is 4.74 Å². The maximum atomic E-state index is 12.1. The largest absolute Gasteiger partial charge is 0.478 e. The van der Waals surface area contributed by atoms with E-state index in [1.54, 1.807) is 29.6 Å². The number of nitrogens with zero attached hydrogens (tertiary/aromatic N) is 4. The van der Waals surface area contributed by atoms with Crippen molar-refractivity contribution >= 4 is 11.9 Å². The number of carbonyl (C=O) groups is 2. The Kier molecular flexibility index (Phi) is 5.52. The molecule has 2 aromatic heterocycles. The molecular formula is C18H20N4O4. The highest BCUT2D eigenvalue weighted by atomic mass is 16.5. The van der Waals surface area contributed by atoms with Gasteiger partial charge in [-0.05, 0) is 18.9 Å². The summed E-state index contributed by atoms with van der Waals surface area (Å²) in [6.07, 6.45) is 7.81. The van der Waals surface area contributed by atoms with E-state index in [9.17, 15) is 14.7 Å². The van der Waals surface area contributed by atoms with E-state index in [1.165, 1.54) is 13.3 Å². The molecule has 1 fully saturated rings. The molecule has 8 heteroatoms. The van der Waals surface area contributed by atoms with Gasteiger partial charge in [-0.3, -0.25) is 19.7 Å². The summed E-state index contributed by atoms with van der Waals surface area (Å²) in [4.78, 5) is 38.0. The number of aromatic nitrogens is 3. The van der Waals surface area contributed by atoms with Gasteiger partial charge in [0.2, 0.25) is 5.91 Å². The molecule has 0 saturated carbocycles. The third kappa shape index (κ3) is 3.85. The number of hydrogen-bond donors (Lipinski definition) is 1. The predicted molar refractivity (Wildman–Crippen MR) is 92.7 cm³/mol. The maximum absolute atomic E-state index is 12.1. The zero-order valence-electron chi connectivity index (χ0n) is 14.5. The van der Waals surface area contributed by atoms with Gasteiger partial charge in [-0.25, -0.2) is 4.79 Å². The Labute approximate surface area is 150 Å². The molecule has 3 heterocycles. The minimum atomic E-state index is -1.04. The summed E-state index contributed by atoms with van der Waals surface area (Å²) >= 11 is 0. The molecule has 136 valence electrons. The number of aromatic carboxylic acids is 1. The van der Waals surface area contributed by atoms with Gasteiger partial charge in [0.05, 0.1) is 17.0 Å². The average molecular weight is 356 g/mol. The van der Waals surface area contributed by atoms with Gasteiger partial charge in [-0.2, -0.15) is 0 Å². The summed E-state index contributed by atoms with van der Waals surface area (Å²) in [5.74, 6) is -1.06. The van der Waals surface area contributed by atoms with Gasteiger partial charge in [-0.1, -0.05) is 0 Å². The molecule has 1 N–H and O–H groups in total. The third-order valence-corrected chi connectivity index (χ3v) is 4.41. The Morgan fingerprint density at radius 3 is 2.88 bits per heavy atom. The second kappa shape index (κ2) is 8.01. The van der Waals surface area contributed by atoms with E-state index in [0.29, 0.717) is 24.3 Å². The van der Waals surface area contributed by atoms with Crippen LogP contribution in [0, 0.1) is 0 Å². The molecule has 1 saturated heterocycles.